The molecule has 1 spiro atoms. The lowest BCUT2D eigenvalue weighted by molar-refractivity contribution is -0.106. The average molecular weight is 214 g/mol. The molecule has 0 bridgehead atoms. The van der Waals surface area contributed by atoms with Crippen LogP contribution in [0.1, 0.15) is 40.0 Å². The maximum atomic E-state index is 9.05. The molecule has 0 aromatic heterocycles. The number of hydrogen-bond donors (Lipinski definition) is 1. The number of carbonyl (C=O) groups is 1. The van der Waals surface area contributed by atoms with Gasteiger partial charge in [-0.05, 0) is 38.6 Å². The van der Waals surface area contributed by atoms with Gasteiger partial charge in [-0.1, -0.05) is 13.8 Å². The van der Waals surface area contributed by atoms with Gasteiger partial charge in [0, 0.05) is 19.1 Å². The highest BCUT2D eigenvalue weighted by molar-refractivity contribution is 5.51. The molecule has 2 fully saturated rings. The summed E-state index contributed by atoms with van der Waals surface area (Å²) in [6, 6.07) is 0.854. The second kappa shape index (κ2) is 6.96. The van der Waals surface area contributed by atoms with E-state index in [1.807, 2.05) is 13.8 Å². The third-order valence-corrected chi connectivity index (χ3v) is 3.12. The molecule has 0 aromatic rings. The first kappa shape index (κ1) is 14.6. The average Bonchev–Trinajstić information content (AvgIpc) is 2.94. The summed E-state index contributed by atoms with van der Waals surface area (Å²) in [7, 11) is 2.25. The minimum absolute atomic E-state index is 0.139. The minimum atomic E-state index is 0.139. The summed E-state index contributed by atoms with van der Waals surface area (Å²) < 4.78 is 0. The highest BCUT2D eigenvalue weighted by Crippen LogP contribution is 2.54. The number of nitrogens with two attached hydrogens (primary N) is 1. The van der Waals surface area contributed by atoms with Gasteiger partial charge in [0.15, 0.2) is 0 Å². The van der Waals surface area contributed by atoms with Crippen LogP contribution in [0.4, 0.5) is 0 Å². The van der Waals surface area contributed by atoms with E-state index in [2.05, 4.69) is 24.6 Å². The molecule has 2 aliphatic rings. The lowest BCUT2D eigenvalue weighted by atomic mass is 10.0. The first-order valence-electron chi connectivity index (χ1n) is 5.97. The van der Waals surface area contributed by atoms with E-state index < -0.39 is 0 Å². The lowest BCUT2D eigenvalue weighted by Crippen LogP contribution is -2.21. The molecule has 1 saturated carbocycles. The fraction of sp³-hybridized carbons (Fsp3) is 0.917. The molecule has 2 N–H and O–H groups in total. The number of carbonyl (C=O) groups excluding carboxylic acids is 1. The van der Waals surface area contributed by atoms with Crippen LogP contribution < -0.4 is 5.73 Å². The monoisotopic (exact) mass is 214 g/mol. The maximum Gasteiger partial charge on any atom is 0.133 e. The molecule has 90 valence electrons. The van der Waals surface area contributed by atoms with Gasteiger partial charge >= 0.3 is 0 Å². The Kier molecular flexibility index (Phi) is 6.77. The van der Waals surface area contributed by atoms with Crippen LogP contribution in [0, 0.1) is 5.41 Å². The van der Waals surface area contributed by atoms with Gasteiger partial charge < -0.3 is 15.4 Å². The van der Waals surface area contributed by atoms with Crippen molar-refractivity contribution in [3.63, 3.8) is 0 Å². The zero-order chi connectivity index (χ0) is 11.9. The third kappa shape index (κ3) is 4.76. The summed E-state index contributed by atoms with van der Waals surface area (Å²) in [4.78, 5) is 11.5. The van der Waals surface area contributed by atoms with E-state index in [-0.39, 0.29) is 6.54 Å². The van der Waals surface area contributed by atoms with E-state index in [4.69, 9.17) is 4.79 Å². The summed E-state index contributed by atoms with van der Waals surface area (Å²) in [5.41, 5.74) is 5.47. The molecule has 0 amide bonds. The normalized spacial score (nSPS) is 26.1. The number of aldehydes is 1. The second-order valence-corrected chi connectivity index (χ2v) is 4.37. The standard InChI is InChI=1S/C8H15N.C2H5NO.C2H6/c1-7-5-8(3-4-8)6-9(7)2;3-1-2-4;1-2/h7H,3-6H2,1-2H3;2H,1,3H2;1-2H3. The highest BCUT2D eigenvalue weighted by Gasteiger charge is 2.49. The zero-order valence-corrected chi connectivity index (χ0v) is 10.6. The molecule has 2 rings (SSSR count). The van der Waals surface area contributed by atoms with Crippen LogP contribution in [0.3, 0.4) is 0 Å². The zero-order valence-electron chi connectivity index (χ0n) is 10.6. The van der Waals surface area contributed by atoms with Crippen LogP contribution in [0.2, 0.25) is 0 Å². The van der Waals surface area contributed by atoms with Crippen molar-refractivity contribution in [1.82, 2.24) is 4.90 Å². The van der Waals surface area contributed by atoms with Gasteiger partial charge in [-0.25, -0.2) is 0 Å². The Balaban J connectivity index is 0.000000282. The van der Waals surface area contributed by atoms with Gasteiger partial charge in [-0.15, -0.1) is 0 Å². The van der Waals surface area contributed by atoms with Gasteiger partial charge in [0.05, 0.1) is 0 Å². The Morgan fingerprint density at radius 1 is 1.47 bits per heavy atom. The summed E-state index contributed by atoms with van der Waals surface area (Å²) in [6.07, 6.45) is 5.12. The van der Waals surface area contributed by atoms with Gasteiger partial charge in [0.25, 0.3) is 0 Å². The first-order chi connectivity index (χ1) is 7.13. The molecule has 1 atom stereocenters. The van der Waals surface area contributed by atoms with E-state index in [1.165, 1.54) is 25.8 Å². The molecule has 1 saturated heterocycles. The number of rotatable bonds is 1. The molecule has 0 radical (unpaired) electrons. The summed E-state index contributed by atoms with van der Waals surface area (Å²) in [5.74, 6) is 0. The van der Waals surface area contributed by atoms with Crippen molar-refractivity contribution in [2.75, 3.05) is 20.1 Å². The predicted octanol–water partition coefficient (Wildman–Crippen LogP) is 1.66. The fourth-order valence-electron chi connectivity index (χ4n) is 2.07. The molecule has 1 unspecified atom stereocenters. The van der Waals surface area contributed by atoms with Crippen LogP contribution in [0.25, 0.3) is 0 Å². The first-order valence-corrected chi connectivity index (χ1v) is 5.97. The van der Waals surface area contributed by atoms with Gasteiger partial charge in [-0.2, -0.15) is 0 Å². The Hall–Kier alpha value is -0.410. The van der Waals surface area contributed by atoms with Crippen molar-refractivity contribution in [3.05, 3.63) is 0 Å². The molecular formula is C12H26N2O. The Morgan fingerprint density at radius 3 is 2.07 bits per heavy atom. The summed E-state index contributed by atoms with van der Waals surface area (Å²) >= 11 is 0. The summed E-state index contributed by atoms with van der Waals surface area (Å²) in [6.45, 7) is 7.85. The molecule has 15 heavy (non-hydrogen) atoms. The summed E-state index contributed by atoms with van der Waals surface area (Å²) in [5, 5.41) is 0. The van der Waals surface area contributed by atoms with E-state index in [9.17, 15) is 0 Å². The van der Waals surface area contributed by atoms with Gasteiger partial charge in [0.2, 0.25) is 0 Å². The molecule has 3 nitrogen and oxygen atoms in total. The van der Waals surface area contributed by atoms with E-state index in [1.54, 1.807) is 0 Å². The van der Waals surface area contributed by atoms with Crippen molar-refractivity contribution >= 4 is 6.29 Å². The quantitative estimate of drug-likeness (QED) is 0.675. The maximum absolute atomic E-state index is 9.05. The van der Waals surface area contributed by atoms with Crippen molar-refractivity contribution < 1.29 is 4.79 Å². The molecule has 0 aromatic carbocycles. The van der Waals surface area contributed by atoms with E-state index in [0.717, 1.165) is 11.5 Å². The lowest BCUT2D eigenvalue weighted by Gasteiger charge is -2.12. The van der Waals surface area contributed by atoms with Crippen molar-refractivity contribution in [2.45, 2.75) is 46.1 Å². The van der Waals surface area contributed by atoms with Gasteiger partial charge in [-0.3, -0.25) is 0 Å². The van der Waals surface area contributed by atoms with Crippen molar-refractivity contribution in [1.29, 1.82) is 0 Å². The Labute approximate surface area is 94.0 Å². The second-order valence-electron chi connectivity index (χ2n) is 4.37. The Bertz CT molecular complexity index is 166. The predicted molar refractivity (Wildman–Crippen MR) is 64.8 cm³/mol. The number of hydrogen-bond acceptors (Lipinski definition) is 3. The molecule has 1 aliphatic heterocycles. The van der Waals surface area contributed by atoms with Crippen molar-refractivity contribution in [2.24, 2.45) is 11.1 Å². The topological polar surface area (TPSA) is 46.3 Å². The molecule has 1 heterocycles. The largest absolute Gasteiger partial charge is 0.324 e. The fourth-order valence-corrected chi connectivity index (χ4v) is 2.07. The van der Waals surface area contributed by atoms with Crippen LogP contribution in [-0.2, 0) is 4.79 Å². The number of nitrogens with zero attached hydrogens (tertiary/aromatic N) is 1. The SMILES string of the molecule is CC.CC1CC2(CC2)CN1C.NCC=O. The van der Waals surface area contributed by atoms with Crippen LogP contribution >= 0.6 is 0 Å². The van der Waals surface area contributed by atoms with Crippen LogP contribution in [0.15, 0.2) is 0 Å². The molecule has 1 aliphatic carbocycles. The Morgan fingerprint density at radius 2 is 1.93 bits per heavy atom. The smallest absolute Gasteiger partial charge is 0.133 e. The molecule has 3 heteroatoms. The van der Waals surface area contributed by atoms with Crippen LogP contribution in [-0.4, -0.2) is 37.4 Å². The van der Waals surface area contributed by atoms with Crippen molar-refractivity contribution in [3.8, 4) is 0 Å². The minimum Gasteiger partial charge on any atom is -0.324 e. The van der Waals surface area contributed by atoms with E-state index in [0.29, 0.717) is 6.29 Å². The third-order valence-electron chi connectivity index (χ3n) is 3.12. The van der Waals surface area contributed by atoms with E-state index >= 15 is 0 Å². The highest BCUT2D eigenvalue weighted by atomic mass is 16.1. The molecular weight excluding hydrogens is 188 g/mol. The number of likely N-dealkylation sites (tertiary alicyclic amines) is 1. The van der Waals surface area contributed by atoms with Gasteiger partial charge in [0.1, 0.15) is 6.29 Å². The van der Waals surface area contributed by atoms with Crippen LogP contribution in [0.5, 0.6) is 0 Å².